The van der Waals surface area contributed by atoms with Gasteiger partial charge in [-0.1, -0.05) is 24.3 Å². The average Bonchev–Trinajstić information content (AvgIpc) is 2.20. The largest absolute Gasteiger partial charge is 0.354 e. The topological polar surface area (TPSA) is 24.4 Å². The fourth-order valence-electron chi connectivity index (χ4n) is 1.08. The molecule has 1 aromatic rings. The Bertz CT molecular complexity index is 337. The van der Waals surface area contributed by atoms with Crippen molar-refractivity contribution in [3.63, 3.8) is 0 Å². The molecule has 72 valence electrons. The van der Waals surface area contributed by atoms with Gasteiger partial charge in [-0.05, 0) is 31.9 Å². The summed E-state index contributed by atoms with van der Waals surface area (Å²) in [5.41, 5.74) is 1.97. The Hall–Kier alpha value is -1.83. The van der Waals surface area contributed by atoms with Gasteiger partial charge in [-0.25, -0.2) is 0 Å². The predicted octanol–water partition coefficient (Wildman–Crippen LogP) is 3.22. The van der Waals surface area contributed by atoms with E-state index in [1.54, 1.807) is 6.20 Å². The minimum Gasteiger partial charge on any atom is -0.354 e. The van der Waals surface area contributed by atoms with Crippen molar-refractivity contribution in [3.8, 4) is 0 Å². The third-order valence-corrected chi connectivity index (χ3v) is 1.64. The van der Waals surface area contributed by atoms with Crippen LogP contribution >= 0.6 is 0 Å². The van der Waals surface area contributed by atoms with E-state index in [2.05, 4.69) is 17.0 Å². The van der Waals surface area contributed by atoms with E-state index in [1.807, 2.05) is 49.4 Å². The van der Waals surface area contributed by atoms with Gasteiger partial charge in [0, 0.05) is 11.9 Å². The highest BCUT2D eigenvalue weighted by atomic mass is 14.9. The molecule has 0 heterocycles. The van der Waals surface area contributed by atoms with Crippen LogP contribution in [0.5, 0.6) is 0 Å². The monoisotopic (exact) mass is 186 g/mol. The molecule has 0 bridgehead atoms. The molecule has 0 aliphatic carbocycles. The van der Waals surface area contributed by atoms with E-state index < -0.39 is 0 Å². The van der Waals surface area contributed by atoms with E-state index in [-0.39, 0.29) is 0 Å². The first-order chi connectivity index (χ1) is 6.86. The Morgan fingerprint density at radius 1 is 1.36 bits per heavy atom. The fraction of sp³-hybridized carbons (Fsp3) is 0.0833. The first-order valence-corrected chi connectivity index (χ1v) is 4.47. The summed E-state index contributed by atoms with van der Waals surface area (Å²) in [7, 11) is 0. The van der Waals surface area contributed by atoms with Crippen LogP contribution in [0.3, 0.4) is 0 Å². The molecule has 0 spiro atoms. The van der Waals surface area contributed by atoms with Crippen molar-refractivity contribution in [1.82, 2.24) is 0 Å². The Balaban J connectivity index is 2.75. The van der Waals surface area contributed by atoms with Gasteiger partial charge in [-0.2, -0.15) is 0 Å². The highest BCUT2D eigenvalue weighted by Gasteiger charge is 1.91. The molecular formula is C12H14N2. The van der Waals surface area contributed by atoms with E-state index in [9.17, 15) is 0 Å². The normalized spacial score (nSPS) is 11.6. The number of anilines is 1. The summed E-state index contributed by atoms with van der Waals surface area (Å²) >= 11 is 0. The third kappa shape index (κ3) is 3.27. The molecule has 2 nitrogen and oxygen atoms in total. The maximum absolute atomic E-state index is 3.73. The number of nitrogens with zero attached hydrogens (tertiary/aromatic N) is 1. The molecule has 0 aliphatic rings. The summed E-state index contributed by atoms with van der Waals surface area (Å²) in [5, 5.41) is 3.22. The van der Waals surface area contributed by atoms with Crippen molar-refractivity contribution in [2.45, 2.75) is 6.92 Å². The second-order valence-corrected chi connectivity index (χ2v) is 2.76. The molecule has 0 saturated heterocycles. The van der Waals surface area contributed by atoms with Gasteiger partial charge in [0.1, 0.15) is 0 Å². The van der Waals surface area contributed by atoms with Gasteiger partial charge >= 0.3 is 0 Å². The number of hydrogen-bond donors (Lipinski definition) is 1. The fourth-order valence-corrected chi connectivity index (χ4v) is 1.08. The number of hydrogen-bond acceptors (Lipinski definition) is 2. The highest BCUT2D eigenvalue weighted by molar-refractivity contribution is 5.50. The van der Waals surface area contributed by atoms with E-state index in [0.717, 1.165) is 11.4 Å². The quantitative estimate of drug-likeness (QED) is 0.566. The van der Waals surface area contributed by atoms with Crippen LogP contribution < -0.4 is 5.32 Å². The molecule has 0 aromatic heterocycles. The van der Waals surface area contributed by atoms with Gasteiger partial charge in [0.05, 0.1) is 5.70 Å². The van der Waals surface area contributed by atoms with Crippen LogP contribution in [0, 0.1) is 0 Å². The van der Waals surface area contributed by atoms with Gasteiger partial charge in [-0.3, -0.25) is 4.99 Å². The molecule has 2 heteroatoms. The Labute approximate surface area is 84.7 Å². The number of nitrogens with one attached hydrogen (secondary N) is 1. The lowest BCUT2D eigenvalue weighted by atomic mass is 10.3. The minimum atomic E-state index is 0.925. The summed E-state index contributed by atoms with van der Waals surface area (Å²) in [6.45, 7) is 5.39. The zero-order valence-electron chi connectivity index (χ0n) is 8.27. The van der Waals surface area contributed by atoms with Gasteiger partial charge in [0.15, 0.2) is 0 Å². The van der Waals surface area contributed by atoms with Gasteiger partial charge in [-0.15, -0.1) is 0 Å². The van der Waals surface area contributed by atoms with Crippen LogP contribution in [0.15, 0.2) is 59.4 Å². The molecule has 0 fully saturated rings. The number of rotatable bonds is 4. The van der Waals surface area contributed by atoms with Crippen molar-refractivity contribution in [1.29, 1.82) is 0 Å². The van der Waals surface area contributed by atoms with Crippen molar-refractivity contribution in [3.05, 3.63) is 54.4 Å². The first-order valence-electron chi connectivity index (χ1n) is 4.47. The second kappa shape index (κ2) is 5.75. The first kappa shape index (κ1) is 10.3. The minimum absolute atomic E-state index is 0.925. The molecule has 0 aliphatic heterocycles. The molecule has 0 atom stereocenters. The summed E-state index contributed by atoms with van der Waals surface area (Å²) in [5.74, 6) is 0. The number of allylic oxidation sites excluding steroid dienone is 2. The summed E-state index contributed by atoms with van der Waals surface area (Å²) in [6.07, 6.45) is 5.58. The lowest BCUT2D eigenvalue weighted by Crippen LogP contribution is -1.95. The smallest absolute Gasteiger partial charge is 0.0566 e. The van der Waals surface area contributed by atoms with Gasteiger partial charge in [0.2, 0.25) is 0 Å². The zero-order valence-corrected chi connectivity index (χ0v) is 8.27. The van der Waals surface area contributed by atoms with E-state index >= 15 is 0 Å². The van der Waals surface area contributed by atoms with Crippen molar-refractivity contribution < 1.29 is 0 Å². The molecule has 1 rings (SSSR count). The molecular weight excluding hydrogens is 172 g/mol. The number of aliphatic imine (C=N–C) groups is 1. The van der Waals surface area contributed by atoms with Crippen LogP contribution in [0.25, 0.3) is 0 Å². The number of benzene rings is 1. The van der Waals surface area contributed by atoms with E-state index in [4.69, 9.17) is 0 Å². The average molecular weight is 186 g/mol. The maximum Gasteiger partial charge on any atom is 0.0566 e. The van der Waals surface area contributed by atoms with Crippen molar-refractivity contribution >= 4 is 12.4 Å². The summed E-state index contributed by atoms with van der Waals surface area (Å²) in [6, 6.07) is 9.95. The van der Waals surface area contributed by atoms with Crippen LogP contribution in [0.2, 0.25) is 0 Å². The maximum atomic E-state index is 3.73. The Kier molecular flexibility index (Phi) is 4.21. The zero-order chi connectivity index (χ0) is 10.2. The molecule has 14 heavy (non-hydrogen) atoms. The van der Waals surface area contributed by atoms with Crippen LogP contribution in [-0.2, 0) is 0 Å². The Morgan fingerprint density at radius 3 is 2.64 bits per heavy atom. The summed E-state index contributed by atoms with van der Waals surface area (Å²) < 4.78 is 0. The second-order valence-electron chi connectivity index (χ2n) is 2.76. The van der Waals surface area contributed by atoms with E-state index in [1.165, 1.54) is 0 Å². The standard InChI is InChI=1S/C12H14N2/c1-3-7-12(10-13-2)14-11-8-5-4-6-9-11/h3-10,14H,2H2,1H3/b7-3-,12-10+. The van der Waals surface area contributed by atoms with Crippen molar-refractivity contribution in [2.24, 2.45) is 4.99 Å². The van der Waals surface area contributed by atoms with Gasteiger partial charge in [0.25, 0.3) is 0 Å². The SMILES string of the molecule is C=N/C=C(\C=C/C)Nc1ccccc1. The molecule has 1 N–H and O–H groups in total. The number of para-hydroxylation sites is 1. The predicted molar refractivity (Wildman–Crippen MR) is 62.5 cm³/mol. The van der Waals surface area contributed by atoms with Gasteiger partial charge < -0.3 is 5.32 Å². The van der Waals surface area contributed by atoms with E-state index in [0.29, 0.717) is 0 Å². The molecule has 0 saturated carbocycles. The third-order valence-electron chi connectivity index (χ3n) is 1.64. The molecule has 0 unspecified atom stereocenters. The van der Waals surface area contributed by atoms with Crippen LogP contribution in [0.4, 0.5) is 5.69 Å². The Morgan fingerprint density at radius 2 is 2.07 bits per heavy atom. The molecule has 1 aromatic carbocycles. The highest BCUT2D eigenvalue weighted by Crippen LogP contribution is 2.09. The molecule has 0 radical (unpaired) electrons. The van der Waals surface area contributed by atoms with Crippen LogP contribution in [0.1, 0.15) is 6.92 Å². The lowest BCUT2D eigenvalue weighted by Gasteiger charge is -2.05. The molecule has 0 amide bonds. The lowest BCUT2D eigenvalue weighted by molar-refractivity contribution is 1.41. The summed E-state index contributed by atoms with van der Waals surface area (Å²) in [4.78, 5) is 3.73. The van der Waals surface area contributed by atoms with Crippen molar-refractivity contribution in [2.75, 3.05) is 5.32 Å². The van der Waals surface area contributed by atoms with Crippen LogP contribution in [-0.4, -0.2) is 6.72 Å².